The van der Waals surface area contributed by atoms with E-state index in [0.717, 1.165) is 10.8 Å². The Morgan fingerprint density at radius 3 is 2.68 bits per heavy atom. The number of thiol groups is 1. The van der Waals surface area contributed by atoms with E-state index >= 15 is 0 Å². The monoisotopic (exact) mass is 299 g/mol. The van der Waals surface area contributed by atoms with E-state index in [1.807, 2.05) is 6.07 Å². The molecule has 0 aromatic heterocycles. The minimum atomic E-state index is -1.40. The topological polar surface area (TPSA) is 93.7 Å². The van der Waals surface area contributed by atoms with E-state index in [-0.39, 0.29) is 6.61 Å². The van der Waals surface area contributed by atoms with Crippen LogP contribution in [0.1, 0.15) is 11.1 Å². The molecule has 0 bridgehead atoms. The molecular formula is C12H13NO4S2. The molecule has 1 fully saturated rings. The molecule has 3 N–H and O–H groups in total. The van der Waals surface area contributed by atoms with E-state index in [2.05, 4.69) is 11.7 Å². The maximum atomic E-state index is 10.2. The van der Waals surface area contributed by atoms with Gasteiger partial charge in [0.1, 0.15) is 18.3 Å². The summed E-state index contributed by atoms with van der Waals surface area (Å²) < 4.78 is 5.51. The van der Waals surface area contributed by atoms with Crippen molar-refractivity contribution >= 4 is 22.5 Å². The van der Waals surface area contributed by atoms with Crippen LogP contribution in [0.3, 0.4) is 0 Å². The quantitative estimate of drug-likeness (QED) is 0.467. The van der Waals surface area contributed by atoms with Crippen LogP contribution in [0.5, 0.6) is 0 Å². The molecule has 5 nitrogen and oxygen atoms in total. The Hall–Kier alpha value is -0.750. The van der Waals surface area contributed by atoms with Crippen molar-refractivity contribution in [2.75, 3.05) is 6.61 Å². The highest BCUT2D eigenvalue weighted by Crippen LogP contribution is 2.47. The number of hydrogen-bond acceptors (Lipinski definition) is 7. The molecule has 2 rings (SSSR count). The highest BCUT2D eigenvalue weighted by molar-refractivity contribution is 8.68. The summed E-state index contributed by atoms with van der Waals surface area (Å²) in [6.45, 7) is -0.147. The fourth-order valence-electron chi connectivity index (χ4n) is 2.08. The summed E-state index contributed by atoms with van der Waals surface area (Å²) in [5, 5.41) is 38.7. The molecular weight excluding hydrogens is 286 g/mol. The number of ether oxygens (including phenoxy) is 1. The fourth-order valence-corrected chi connectivity index (χ4v) is 3.50. The number of nitrogens with zero attached hydrogens (tertiary/aromatic N) is 1. The van der Waals surface area contributed by atoms with Crippen molar-refractivity contribution < 1.29 is 20.1 Å². The van der Waals surface area contributed by atoms with Crippen molar-refractivity contribution in [2.45, 2.75) is 23.2 Å². The lowest BCUT2D eigenvalue weighted by atomic mass is 9.91. The van der Waals surface area contributed by atoms with Crippen LogP contribution >= 0.6 is 22.5 Å². The molecule has 1 heterocycles. The Balaban J connectivity index is 2.52. The molecule has 1 aliphatic rings. The van der Waals surface area contributed by atoms with Gasteiger partial charge >= 0.3 is 0 Å². The largest absolute Gasteiger partial charge is 0.388 e. The number of aliphatic hydroxyl groups excluding tert-OH is 3. The first-order valence-electron chi connectivity index (χ1n) is 5.57. The average Bonchev–Trinajstić information content (AvgIpc) is 2.46. The smallest absolute Gasteiger partial charge is 0.178 e. The van der Waals surface area contributed by atoms with Crippen LogP contribution in [0.25, 0.3) is 0 Å². The molecule has 0 aliphatic carbocycles. The van der Waals surface area contributed by atoms with Crippen molar-refractivity contribution in [1.29, 1.82) is 5.26 Å². The zero-order valence-electron chi connectivity index (χ0n) is 9.80. The van der Waals surface area contributed by atoms with Gasteiger partial charge in [-0.25, -0.2) is 0 Å². The van der Waals surface area contributed by atoms with Gasteiger partial charge in [0.25, 0.3) is 0 Å². The van der Waals surface area contributed by atoms with Crippen LogP contribution in [0.15, 0.2) is 24.3 Å². The predicted octanol–water partition coefficient (Wildman–Crippen LogP) is 0.402. The van der Waals surface area contributed by atoms with Gasteiger partial charge in [0, 0.05) is 5.56 Å². The minimum absolute atomic E-state index is 0.147. The summed E-state index contributed by atoms with van der Waals surface area (Å²) in [6, 6.07) is 8.64. The van der Waals surface area contributed by atoms with Gasteiger partial charge in [-0.1, -0.05) is 29.0 Å². The predicted molar refractivity (Wildman–Crippen MR) is 73.4 cm³/mol. The van der Waals surface area contributed by atoms with Crippen LogP contribution in [-0.4, -0.2) is 40.2 Å². The summed E-state index contributed by atoms with van der Waals surface area (Å²) in [7, 11) is 0.890. The zero-order chi connectivity index (χ0) is 14.0. The van der Waals surface area contributed by atoms with Crippen LogP contribution < -0.4 is 0 Å². The first-order chi connectivity index (χ1) is 9.06. The van der Waals surface area contributed by atoms with Crippen molar-refractivity contribution in [3.8, 4) is 6.07 Å². The first-order valence-corrected chi connectivity index (χ1v) is 7.44. The Morgan fingerprint density at radius 2 is 2.05 bits per heavy atom. The lowest BCUT2D eigenvalue weighted by molar-refractivity contribution is -0.204. The number of benzene rings is 1. The number of nitriles is 1. The standard InChI is InChI=1S/C12H13NO4S2/c13-5-7-3-1-2-4-8(7)12(19-18)11(16)10(15)9(14)6-17-12/h1-4,9-11,14-16,18H,6H2/t9-,10-,11+,12-/m1/s1. The van der Waals surface area contributed by atoms with Crippen LogP contribution in [0.4, 0.5) is 0 Å². The fraction of sp³-hybridized carbons (Fsp3) is 0.417. The summed E-state index contributed by atoms with van der Waals surface area (Å²) in [4.78, 5) is -1.38. The Kier molecular flexibility index (Phi) is 4.40. The molecule has 19 heavy (non-hydrogen) atoms. The van der Waals surface area contributed by atoms with E-state index in [9.17, 15) is 15.3 Å². The van der Waals surface area contributed by atoms with Gasteiger partial charge < -0.3 is 20.1 Å². The second kappa shape index (κ2) is 5.71. The van der Waals surface area contributed by atoms with Crippen LogP contribution in [-0.2, 0) is 9.67 Å². The van der Waals surface area contributed by atoms with Crippen molar-refractivity contribution in [3.05, 3.63) is 35.4 Å². The molecule has 1 aromatic rings. The van der Waals surface area contributed by atoms with Crippen molar-refractivity contribution in [2.24, 2.45) is 0 Å². The second-order valence-corrected chi connectivity index (χ2v) is 5.57. The number of aliphatic hydroxyl groups is 3. The van der Waals surface area contributed by atoms with E-state index < -0.39 is 23.2 Å². The number of rotatable bonds is 2. The molecule has 102 valence electrons. The molecule has 1 saturated heterocycles. The SMILES string of the molecule is N#Cc1ccccc1[C@]1(SS)OC[C@@H](O)[C@@H](O)[C@@H]1O. The molecule has 4 atom stereocenters. The lowest BCUT2D eigenvalue weighted by Crippen LogP contribution is -2.57. The van der Waals surface area contributed by atoms with Crippen molar-refractivity contribution in [1.82, 2.24) is 0 Å². The highest BCUT2D eigenvalue weighted by atomic mass is 33.1. The van der Waals surface area contributed by atoms with E-state index in [1.165, 1.54) is 0 Å². The molecule has 0 spiro atoms. The Labute approximate surface area is 119 Å². The first kappa shape index (κ1) is 14.7. The summed E-state index contributed by atoms with van der Waals surface area (Å²) in [5.41, 5.74) is 0.752. The molecule has 0 radical (unpaired) electrons. The maximum absolute atomic E-state index is 10.2. The molecule has 1 aliphatic heterocycles. The van der Waals surface area contributed by atoms with E-state index in [1.54, 1.807) is 24.3 Å². The zero-order valence-corrected chi connectivity index (χ0v) is 11.5. The third-order valence-corrected chi connectivity index (χ3v) is 4.80. The number of hydrogen-bond donors (Lipinski definition) is 4. The van der Waals surface area contributed by atoms with Gasteiger partial charge in [-0.3, -0.25) is 0 Å². The van der Waals surface area contributed by atoms with E-state index in [0.29, 0.717) is 11.1 Å². The van der Waals surface area contributed by atoms with Gasteiger partial charge in [0.05, 0.1) is 18.2 Å². The molecule has 0 amide bonds. The summed E-state index contributed by atoms with van der Waals surface area (Å²) >= 11 is 4.11. The highest BCUT2D eigenvalue weighted by Gasteiger charge is 2.51. The van der Waals surface area contributed by atoms with Crippen LogP contribution in [0.2, 0.25) is 0 Å². The third-order valence-electron chi connectivity index (χ3n) is 3.13. The molecule has 0 unspecified atom stereocenters. The lowest BCUT2D eigenvalue weighted by Gasteiger charge is -2.44. The molecule has 0 saturated carbocycles. The van der Waals surface area contributed by atoms with Gasteiger partial charge in [-0.05, 0) is 6.07 Å². The molecule has 7 heteroatoms. The molecule has 1 aromatic carbocycles. The van der Waals surface area contributed by atoms with Gasteiger partial charge in [0.2, 0.25) is 0 Å². The maximum Gasteiger partial charge on any atom is 0.178 e. The summed E-state index contributed by atoms with van der Waals surface area (Å²) in [6.07, 6.45) is -3.92. The third kappa shape index (κ3) is 2.36. The summed E-state index contributed by atoms with van der Waals surface area (Å²) in [5.74, 6) is 0. The minimum Gasteiger partial charge on any atom is -0.388 e. The van der Waals surface area contributed by atoms with Gasteiger partial charge in [0.15, 0.2) is 4.93 Å². The van der Waals surface area contributed by atoms with E-state index in [4.69, 9.17) is 10.00 Å². The van der Waals surface area contributed by atoms with Crippen molar-refractivity contribution in [3.63, 3.8) is 0 Å². The Morgan fingerprint density at radius 1 is 1.37 bits per heavy atom. The average molecular weight is 299 g/mol. The van der Waals surface area contributed by atoms with Crippen LogP contribution in [0, 0.1) is 11.3 Å². The second-order valence-electron chi connectivity index (χ2n) is 4.23. The normalized spacial score (nSPS) is 34.8. The Bertz CT molecular complexity index is 507. The van der Waals surface area contributed by atoms with Gasteiger partial charge in [-0.15, -0.1) is 11.7 Å². The van der Waals surface area contributed by atoms with Gasteiger partial charge in [-0.2, -0.15) is 5.26 Å².